The predicted octanol–water partition coefficient (Wildman–Crippen LogP) is 5.09. The minimum Gasteiger partial charge on any atom is -0.330 e. The third-order valence-electron chi connectivity index (χ3n) is 5.42. The van der Waals surface area contributed by atoms with Gasteiger partial charge in [-0.25, -0.2) is 4.98 Å². The molecule has 4 rings (SSSR count). The summed E-state index contributed by atoms with van der Waals surface area (Å²) in [6.07, 6.45) is 13.9. The first kappa shape index (κ1) is 18.9. The predicted molar refractivity (Wildman–Crippen MR) is 121 cm³/mol. The largest absolute Gasteiger partial charge is 0.330 e. The van der Waals surface area contributed by atoms with E-state index in [0.29, 0.717) is 11.0 Å². The molecular formula is C25H25N3O. The highest BCUT2D eigenvalue weighted by molar-refractivity contribution is 5.85. The van der Waals surface area contributed by atoms with E-state index in [9.17, 15) is 4.79 Å². The second-order valence-electron chi connectivity index (χ2n) is 7.18. The van der Waals surface area contributed by atoms with Crippen LogP contribution in [0, 0.1) is 6.92 Å². The van der Waals surface area contributed by atoms with E-state index in [0.717, 1.165) is 41.2 Å². The summed E-state index contributed by atoms with van der Waals surface area (Å²) in [6, 6.07) is 12.1. The molecule has 0 saturated carbocycles. The molecule has 0 bridgehead atoms. The highest BCUT2D eigenvalue weighted by Gasteiger charge is 2.22. The fraction of sp³-hybridized carbons (Fsp3) is 0.200. The molecule has 1 aromatic carbocycles. The van der Waals surface area contributed by atoms with Crippen molar-refractivity contribution in [3.05, 3.63) is 100 Å². The van der Waals surface area contributed by atoms with Crippen LogP contribution in [0.3, 0.4) is 0 Å². The van der Waals surface area contributed by atoms with Crippen molar-refractivity contribution in [1.29, 1.82) is 0 Å². The van der Waals surface area contributed by atoms with Gasteiger partial charge in [-0.3, -0.25) is 9.36 Å². The van der Waals surface area contributed by atoms with Crippen LogP contribution >= 0.6 is 0 Å². The topological polar surface area (TPSA) is 38.1 Å². The standard InChI is InChI=1S/C25H25N3O/c1-4-19-16-17-26-24-22(19)23(29)18(2)25(28(24)21-14-10-7-11-15-21)27(3)20-12-8-5-6-9-13-20/h5-8,10-17H,4,9H2,1-3H3. The van der Waals surface area contributed by atoms with Gasteiger partial charge in [0.25, 0.3) is 0 Å². The molecule has 1 aliphatic rings. The lowest BCUT2D eigenvalue weighted by molar-refractivity contribution is 0.958. The van der Waals surface area contributed by atoms with Gasteiger partial charge < -0.3 is 4.90 Å². The van der Waals surface area contributed by atoms with Crippen molar-refractivity contribution in [2.45, 2.75) is 26.7 Å². The molecule has 1 aliphatic carbocycles. The molecule has 0 unspecified atom stereocenters. The smallest absolute Gasteiger partial charge is 0.196 e. The van der Waals surface area contributed by atoms with E-state index in [2.05, 4.69) is 51.7 Å². The summed E-state index contributed by atoms with van der Waals surface area (Å²) in [5.74, 6) is 0.840. The number of hydrogen-bond acceptors (Lipinski definition) is 3. The number of anilines is 1. The van der Waals surface area contributed by atoms with Crippen LogP contribution in [0.2, 0.25) is 0 Å². The van der Waals surface area contributed by atoms with Gasteiger partial charge in [-0.1, -0.05) is 49.4 Å². The molecule has 4 nitrogen and oxygen atoms in total. The van der Waals surface area contributed by atoms with E-state index >= 15 is 0 Å². The summed E-state index contributed by atoms with van der Waals surface area (Å²) in [5.41, 5.74) is 4.53. The van der Waals surface area contributed by atoms with Crippen molar-refractivity contribution < 1.29 is 0 Å². The maximum atomic E-state index is 13.4. The molecule has 0 atom stereocenters. The molecule has 0 fully saturated rings. The van der Waals surface area contributed by atoms with Gasteiger partial charge in [-0.15, -0.1) is 0 Å². The van der Waals surface area contributed by atoms with Gasteiger partial charge >= 0.3 is 0 Å². The first-order chi connectivity index (χ1) is 14.1. The number of fused-ring (bicyclic) bond motifs is 1. The number of hydrogen-bond donors (Lipinski definition) is 0. The number of nitrogens with zero attached hydrogens (tertiary/aromatic N) is 3. The Morgan fingerprint density at radius 2 is 1.93 bits per heavy atom. The van der Waals surface area contributed by atoms with E-state index in [4.69, 9.17) is 0 Å². The number of likely N-dealkylation sites (N-methyl/N-ethyl adjacent to an activating group) is 1. The number of pyridine rings is 2. The molecule has 2 heterocycles. The Kier molecular flexibility index (Phi) is 5.17. The van der Waals surface area contributed by atoms with Crippen LogP contribution in [-0.2, 0) is 6.42 Å². The second kappa shape index (κ2) is 7.92. The quantitative estimate of drug-likeness (QED) is 0.630. The van der Waals surface area contributed by atoms with Crippen molar-refractivity contribution >= 4 is 16.9 Å². The third-order valence-corrected chi connectivity index (χ3v) is 5.42. The van der Waals surface area contributed by atoms with Crippen LogP contribution in [0.5, 0.6) is 0 Å². The molecule has 2 aromatic heterocycles. The lowest BCUT2D eigenvalue weighted by Crippen LogP contribution is -2.26. The van der Waals surface area contributed by atoms with Crippen LogP contribution in [-0.4, -0.2) is 16.6 Å². The van der Waals surface area contributed by atoms with E-state index in [1.807, 2.05) is 50.4 Å². The summed E-state index contributed by atoms with van der Waals surface area (Å²) in [5, 5.41) is 0.709. The Morgan fingerprint density at radius 3 is 2.69 bits per heavy atom. The lowest BCUT2D eigenvalue weighted by atomic mass is 10.1. The van der Waals surface area contributed by atoms with Gasteiger partial charge in [0.15, 0.2) is 5.43 Å². The lowest BCUT2D eigenvalue weighted by Gasteiger charge is -2.28. The maximum absolute atomic E-state index is 13.4. The SMILES string of the molecule is CCc1ccnc2c1c(=O)c(C)c(N(C)C1=CCC=CC=C1)n2-c1ccccc1. The molecule has 29 heavy (non-hydrogen) atoms. The summed E-state index contributed by atoms with van der Waals surface area (Å²) in [4.78, 5) is 20.2. The van der Waals surface area contributed by atoms with Gasteiger partial charge in [0.1, 0.15) is 11.5 Å². The Bertz CT molecular complexity index is 1200. The fourth-order valence-corrected chi connectivity index (χ4v) is 3.92. The molecule has 3 aromatic rings. The van der Waals surface area contributed by atoms with Gasteiger partial charge in [0, 0.05) is 30.2 Å². The van der Waals surface area contributed by atoms with Gasteiger partial charge in [0.2, 0.25) is 0 Å². The minimum absolute atomic E-state index is 0.0512. The minimum atomic E-state index is 0.0512. The van der Waals surface area contributed by atoms with Gasteiger partial charge in [-0.2, -0.15) is 0 Å². The zero-order valence-corrected chi connectivity index (χ0v) is 17.1. The number of para-hydroxylation sites is 1. The van der Waals surface area contributed by atoms with E-state index < -0.39 is 0 Å². The van der Waals surface area contributed by atoms with E-state index in [1.54, 1.807) is 6.20 Å². The number of benzene rings is 1. The summed E-state index contributed by atoms with van der Waals surface area (Å²) in [6.45, 7) is 3.99. The highest BCUT2D eigenvalue weighted by atomic mass is 16.1. The van der Waals surface area contributed by atoms with Crippen LogP contribution < -0.4 is 10.3 Å². The van der Waals surface area contributed by atoms with E-state index in [1.165, 1.54) is 0 Å². The van der Waals surface area contributed by atoms with Crippen LogP contribution in [0.15, 0.2) is 83.5 Å². The number of aromatic nitrogens is 2. The molecule has 4 heteroatoms. The average Bonchev–Trinajstić information content (AvgIpc) is 3.05. The zero-order chi connectivity index (χ0) is 20.4. The molecular weight excluding hydrogens is 358 g/mol. The summed E-state index contributed by atoms with van der Waals surface area (Å²) >= 11 is 0. The Morgan fingerprint density at radius 1 is 1.14 bits per heavy atom. The van der Waals surface area contributed by atoms with Crippen molar-refractivity contribution in [3.8, 4) is 5.69 Å². The Labute approximate surface area is 171 Å². The van der Waals surface area contributed by atoms with Crippen molar-refractivity contribution in [2.75, 3.05) is 11.9 Å². The summed E-state index contributed by atoms with van der Waals surface area (Å²) in [7, 11) is 2.01. The first-order valence-electron chi connectivity index (χ1n) is 9.99. The van der Waals surface area contributed by atoms with E-state index in [-0.39, 0.29) is 5.43 Å². The molecule has 0 radical (unpaired) electrons. The zero-order valence-electron chi connectivity index (χ0n) is 17.1. The van der Waals surface area contributed by atoms with Crippen molar-refractivity contribution in [3.63, 3.8) is 0 Å². The van der Waals surface area contributed by atoms with Crippen LogP contribution in [0.25, 0.3) is 16.7 Å². The van der Waals surface area contributed by atoms with Gasteiger partial charge in [-0.05, 0) is 49.6 Å². The van der Waals surface area contributed by atoms with Crippen molar-refractivity contribution in [1.82, 2.24) is 9.55 Å². The third kappa shape index (κ3) is 3.31. The Balaban J connectivity index is 2.10. The summed E-state index contributed by atoms with van der Waals surface area (Å²) < 4.78 is 2.11. The number of aryl methyl sites for hydroxylation is 1. The van der Waals surface area contributed by atoms with Crippen LogP contribution in [0.1, 0.15) is 24.5 Å². The molecule has 0 spiro atoms. The second-order valence-corrected chi connectivity index (χ2v) is 7.18. The number of rotatable bonds is 4. The molecule has 0 amide bonds. The van der Waals surface area contributed by atoms with Crippen LogP contribution in [0.4, 0.5) is 5.82 Å². The monoisotopic (exact) mass is 383 g/mol. The fourth-order valence-electron chi connectivity index (χ4n) is 3.92. The molecule has 0 aliphatic heterocycles. The van der Waals surface area contributed by atoms with Crippen molar-refractivity contribution in [2.24, 2.45) is 0 Å². The maximum Gasteiger partial charge on any atom is 0.196 e. The molecule has 0 N–H and O–H groups in total. The highest BCUT2D eigenvalue weighted by Crippen LogP contribution is 2.30. The first-order valence-corrected chi connectivity index (χ1v) is 9.99. The number of allylic oxidation sites excluding steroid dienone is 5. The molecule has 146 valence electrons. The van der Waals surface area contributed by atoms with Gasteiger partial charge in [0.05, 0.1) is 5.39 Å². The average molecular weight is 383 g/mol. The Hall–Kier alpha value is -3.40. The normalized spacial score (nSPS) is 13.4. The molecule has 0 saturated heterocycles.